The molecule has 13 heavy (non-hydrogen) atoms. The molecule has 0 spiro atoms. The van der Waals surface area contributed by atoms with E-state index in [1.165, 1.54) is 0 Å². The van der Waals surface area contributed by atoms with Gasteiger partial charge in [-0.2, -0.15) is 0 Å². The molecule has 3 atom stereocenters. The minimum Gasteiger partial charge on any atom is -0.394 e. The molecule has 1 N–H and O–H groups in total. The largest absolute Gasteiger partial charge is 0.394 e. The van der Waals surface area contributed by atoms with E-state index >= 15 is 0 Å². The summed E-state index contributed by atoms with van der Waals surface area (Å²) in [5, 5.41) is 8.87. The molecule has 78 valence electrons. The van der Waals surface area contributed by atoms with E-state index in [4.69, 9.17) is 14.6 Å². The summed E-state index contributed by atoms with van der Waals surface area (Å²) in [6, 6.07) is 0. The second kappa shape index (κ2) is 4.94. The van der Waals surface area contributed by atoms with Crippen molar-refractivity contribution in [3.05, 3.63) is 0 Å². The molecule has 0 amide bonds. The number of aliphatic hydroxyl groups excluding tert-OH is 1. The lowest BCUT2D eigenvalue weighted by Crippen LogP contribution is -2.26. The molecule has 0 saturated carbocycles. The van der Waals surface area contributed by atoms with Gasteiger partial charge >= 0.3 is 0 Å². The van der Waals surface area contributed by atoms with Gasteiger partial charge in [-0.15, -0.1) is 0 Å². The first kappa shape index (κ1) is 11.0. The summed E-state index contributed by atoms with van der Waals surface area (Å²) in [6.45, 7) is 7.08. The van der Waals surface area contributed by atoms with Crippen LogP contribution in [0.1, 0.15) is 27.2 Å². The van der Waals surface area contributed by atoms with Gasteiger partial charge in [0.15, 0.2) is 6.29 Å². The van der Waals surface area contributed by atoms with Crippen molar-refractivity contribution in [3.8, 4) is 0 Å². The Kier molecular flexibility index (Phi) is 4.16. The predicted molar refractivity (Wildman–Crippen MR) is 50.3 cm³/mol. The molecule has 1 fully saturated rings. The molecule has 1 rings (SSSR count). The lowest BCUT2D eigenvalue weighted by atomic mass is 9.93. The maximum atomic E-state index is 8.87. The Hall–Kier alpha value is -0.120. The van der Waals surface area contributed by atoms with Gasteiger partial charge in [-0.25, -0.2) is 0 Å². The molecule has 0 aromatic heterocycles. The third-order valence-electron chi connectivity index (χ3n) is 2.65. The third-order valence-corrected chi connectivity index (χ3v) is 2.65. The molecule has 0 radical (unpaired) electrons. The summed E-state index contributed by atoms with van der Waals surface area (Å²) in [4.78, 5) is 0. The van der Waals surface area contributed by atoms with Gasteiger partial charge < -0.3 is 14.6 Å². The first-order valence-electron chi connectivity index (χ1n) is 5.07. The summed E-state index contributed by atoms with van der Waals surface area (Å²) in [5.74, 6) is 1.00. The van der Waals surface area contributed by atoms with Crippen LogP contribution in [0.3, 0.4) is 0 Å². The number of ether oxygens (including phenoxy) is 2. The van der Waals surface area contributed by atoms with Crippen LogP contribution in [0.4, 0.5) is 0 Å². The number of hydrogen-bond acceptors (Lipinski definition) is 3. The van der Waals surface area contributed by atoms with Gasteiger partial charge in [-0.05, 0) is 12.3 Å². The van der Waals surface area contributed by atoms with Crippen LogP contribution in [0.25, 0.3) is 0 Å². The first-order valence-corrected chi connectivity index (χ1v) is 5.07. The molecule has 3 heteroatoms. The molecule has 0 aliphatic carbocycles. The molecular weight excluding hydrogens is 168 g/mol. The van der Waals surface area contributed by atoms with Crippen molar-refractivity contribution in [1.82, 2.24) is 0 Å². The molecule has 1 saturated heterocycles. The minimum absolute atomic E-state index is 0.0605. The van der Waals surface area contributed by atoms with Crippen LogP contribution in [0.5, 0.6) is 0 Å². The monoisotopic (exact) mass is 188 g/mol. The zero-order valence-electron chi connectivity index (χ0n) is 8.69. The molecule has 1 heterocycles. The predicted octanol–water partition coefficient (Wildman–Crippen LogP) is 1.40. The zero-order chi connectivity index (χ0) is 9.84. The van der Waals surface area contributed by atoms with E-state index in [0.717, 1.165) is 6.42 Å². The quantitative estimate of drug-likeness (QED) is 0.724. The Morgan fingerprint density at radius 2 is 2.15 bits per heavy atom. The number of rotatable bonds is 4. The minimum atomic E-state index is -0.113. The van der Waals surface area contributed by atoms with Gasteiger partial charge in [0.25, 0.3) is 0 Å². The molecule has 3 nitrogen and oxygen atoms in total. The Balaban J connectivity index is 2.43. The second-order valence-electron chi connectivity index (χ2n) is 3.96. The number of hydrogen-bond donors (Lipinski definition) is 1. The van der Waals surface area contributed by atoms with Gasteiger partial charge in [0.2, 0.25) is 0 Å². The van der Waals surface area contributed by atoms with E-state index in [0.29, 0.717) is 18.4 Å². The second-order valence-corrected chi connectivity index (χ2v) is 3.96. The van der Waals surface area contributed by atoms with Crippen LogP contribution >= 0.6 is 0 Å². The highest BCUT2D eigenvalue weighted by Gasteiger charge is 2.32. The topological polar surface area (TPSA) is 38.7 Å². The smallest absolute Gasteiger partial charge is 0.161 e. The molecule has 1 aliphatic rings. The highest BCUT2D eigenvalue weighted by atomic mass is 16.7. The summed E-state index contributed by atoms with van der Waals surface area (Å²) < 4.78 is 11.0. The van der Waals surface area contributed by atoms with Crippen molar-refractivity contribution in [1.29, 1.82) is 0 Å². The van der Waals surface area contributed by atoms with Gasteiger partial charge in [0, 0.05) is 5.92 Å². The van der Waals surface area contributed by atoms with Crippen LogP contribution in [0, 0.1) is 11.8 Å². The van der Waals surface area contributed by atoms with Crippen molar-refractivity contribution < 1.29 is 14.6 Å². The summed E-state index contributed by atoms with van der Waals surface area (Å²) >= 11 is 0. The fourth-order valence-corrected chi connectivity index (χ4v) is 1.77. The lowest BCUT2D eigenvalue weighted by molar-refractivity contribution is -0.113. The highest BCUT2D eigenvalue weighted by Crippen LogP contribution is 2.27. The van der Waals surface area contributed by atoms with Crippen LogP contribution in [-0.4, -0.2) is 30.7 Å². The SMILES string of the molecule is CCC(C(C)C)C1OCC(CO)O1. The van der Waals surface area contributed by atoms with Crippen molar-refractivity contribution >= 4 is 0 Å². The lowest BCUT2D eigenvalue weighted by Gasteiger charge is -2.24. The van der Waals surface area contributed by atoms with E-state index in [9.17, 15) is 0 Å². The highest BCUT2D eigenvalue weighted by molar-refractivity contribution is 4.72. The molecule has 3 unspecified atom stereocenters. The third kappa shape index (κ3) is 2.66. The van der Waals surface area contributed by atoms with Gasteiger partial charge in [-0.3, -0.25) is 0 Å². The molecular formula is C10H20O3. The summed E-state index contributed by atoms with van der Waals surface area (Å²) in [7, 11) is 0. The molecule has 0 bridgehead atoms. The first-order chi connectivity index (χ1) is 6.19. The van der Waals surface area contributed by atoms with Crippen molar-refractivity contribution in [2.75, 3.05) is 13.2 Å². The van der Waals surface area contributed by atoms with Crippen LogP contribution in [-0.2, 0) is 9.47 Å². The normalized spacial score (nSPS) is 31.2. The van der Waals surface area contributed by atoms with Crippen molar-refractivity contribution in [2.45, 2.75) is 39.6 Å². The average molecular weight is 188 g/mol. The van der Waals surface area contributed by atoms with Gasteiger partial charge in [0.1, 0.15) is 6.10 Å². The van der Waals surface area contributed by atoms with E-state index in [2.05, 4.69) is 20.8 Å². The van der Waals surface area contributed by atoms with Crippen LogP contribution in [0.15, 0.2) is 0 Å². The fraction of sp³-hybridized carbons (Fsp3) is 1.00. The number of aliphatic hydroxyl groups is 1. The fourth-order valence-electron chi connectivity index (χ4n) is 1.77. The molecule has 0 aromatic carbocycles. The average Bonchev–Trinajstić information content (AvgIpc) is 2.53. The van der Waals surface area contributed by atoms with Gasteiger partial charge in [0.05, 0.1) is 13.2 Å². The Labute approximate surface area is 80.0 Å². The summed E-state index contributed by atoms with van der Waals surface area (Å²) in [5.41, 5.74) is 0. The van der Waals surface area contributed by atoms with E-state index in [1.807, 2.05) is 0 Å². The standard InChI is InChI=1S/C10H20O3/c1-4-9(7(2)3)10-12-6-8(5-11)13-10/h7-11H,4-6H2,1-3H3. The molecule has 0 aromatic rings. The summed E-state index contributed by atoms with van der Waals surface area (Å²) in [6.07, 6.45) is 0.834. The maximum absolute atomic E-state index is 8.87. The Morgan fingerprint density at radius 1 is 1.46 bits per heavy atom. The maximum Gasteiger partial charge on any atom is 0.161 e. The van der Waals surface area contributed by atoms with Crippen LogP contribution in [0.2, 0.25) is 0 Å². The zero-order valence-corrected chi connectivity index (χ0v) is 8.69. The molecule has 1 aliphatic heterocycles. The van der Waals surface area contributed by atoms with Crippen molar-refractivity contribution in [2.24, 2.45) is 11.8 Å². The van der Waals surface area contributed by atoms with E-state index in [-0.39, 0.29) is 19.0 Å². The Bertz CT molecular complexity index is 147. The van der Waals surface area contributed by atoms with E-state index in [1.54, 1.807) is 0 Å². The van der Waals surface area contributed by atoms with Crippen LogP contribution < -0.4 is 0 Å². The van der Waals surface area contributed by atoms with Gasteiger partial charge in [-0.1, -0.05) is 20.8 Å². The Morgan fingerprint density at radius 3 is 2.54 bits per heavy atom. The van der Waals surface area contributed by atoms with Crippen molar-refractivity contribution in [3.63, 3.8) is 0 Å². The van der Waals surface area contributed by atoms with E-state index < -0.39 is 0 Å².